The molecule has 1 N–H and O–H groups in total. The first-order valence-corrected chi connectivity index (χ1v) is 11.8. The van der Waals surface area contributed by atoms with Crippen LogP contribution in [-0.2, 0) is 14.8 Å². The van der Waals surface area contributed by atoms with Crippen molar-refractivity contribution >= 4 is 33.4 Å². The molecule has 1 heterocycles. The molecule has 0 saturated carbocycles. The average molecular weight is 419 g/mol. The highest BCUT2D eigenvalue weighted by molar-refractivity contribution is 8.00. The van der Waals surface area contributed by atoms with Gasteiger partial charge in [-0.1, -0.05) is 25.1 Å². The summed E-state index contributed by atoms with van der Waals surface area (Å²) in [4.78, 5) is 13.7. The van der Waals surface area contributed by atoms with E-state index >= 15 is 0 Å². The van der Waals surface area contributed by atoms with Gasteiger partial charge >= 0.3 is 0 Å². The van der Waals surface area contributed by atoms with E-state index in [4.69, 9.17) is 0 Å². The second kappa shape index (κ2) is 9.11. The number of nitrogens with one attached hydrogen (secondary N) is 1. The summed E-state index contributed by atoms with van der Waals surface area (Å²) in [5.41, 5.74) is 0.594. The molecule has 0 spiro atoms. The van der Waals surface area contributed by atoms with Gasteiger partial charge in [-0.3, -0.25) is 4.79 Å². The van der Waals surface area contributed by atoms with Crippen LogP contribution in [0.3, 0.4) is 0 Å². The van der Waals surface area contributed by atoms with E-state index in [2.05, 4.69) is 12.2 Å². The first-order chi connectivity index (χ1) is 13.4. The van der Waals surface area contributed by atoms with Crippen molar-refractivity contribution in [3.8, 4) is 0 Å². The monoisotopic (exact) mass is 418 g/mol. The van der Waals surface area contributed by atoms with Crippen LogP contribution in [0.5, 0.6) is 0 Å². The normalized spacial score (nSPS) is 17.2. The predicted molar refractivity (Wildman–Crippen MR) is 114 cm³/mol. The van der Waals surface area contributed by atoms with Crippen molar-refractivity contribution in [3.63, 3.8) is 0 Å². The van der Waals surface area contributed by atoms with E-state index in [1.165, 1.54) is 11.8 Å². The molecule has 5 nitrogen and oxygen atoms in total. The molecule has 7 heteroatoms. The van der Waals surface area contributed by atoms with Crippen molar-refractivity contribution in [2.45, 2.75) is 41.7 Å². The molecule has 150 valence electrons. The lowest BCUT2D eigenvalue weighted by atomic mass is 10.0. The smallest absolute Gasteiger partial charge is 0.243 e. The van der Waals surface area contributed by atoms with Gasteiger partial charge in [0, 0.05) is 23.7 Å². The highest BCUT2D eigenvalue weighted by atomic mass is 32.2. The molecule has 0 bridgehead atoms. The molecule has 1 fully saturated rings. The minimum atomic E-state index is -3.47. The minimum Gasteiger partial charge on any atom is -0.325 e. The Morgan fingerprint density at radius 2 is 1.68 bits per heavy atom. The van der Waals surface area contributed by atoms with E-state index < -0.39 is 10.0 Å². The third kappa shape index (κ3) is 5.16. The maximum atomic E-state index is 12.8. The number of piperidine rings is 1. The van der Waals surface area contributed by atoms with Gasteiger partial charge < -0.3 is 5.32 Å². The zero-order chi connectivity index (χ0) is 20.1. The largest absolute Gasteiger partial charge is 0.325 e. The number of carbonyl (C=O) groups excluding carboxylic acids is 1. The quantitative estimate of drug-likeness (QED) is 0.713. The summed E-state index contributed by atoms with van der Waals surface area (Å²) < 4.78 is 27.1. The Hall–Kier alpha value is -1.83. The molecule has 1 saturated heterocycles. The Morgan fingerprint density at radius 3 is 2.29 bits per heavy atom. The fourth-order valence-corrected chi connectivity index (χ4v) is 5.44. The molecule has 1 atom stereocenters. The summed E-state index contributed by atoms with van der Waals surface area (Å²) in [7, 11) is -3.47. The van der Waals surface area contributed by atoms with Crippen LogP contribution in [0.25, 0.3) is 0 Å². The van der Waals surface area contributed by atoms with Gasteiger partial charge in [0.2, 0.25) is 15.9 Å². The van der Waals surface area contributed by atoms with E-state index in [0.29, 0.717) is 24.7 Å². The molecule has 0 aliphatic carbocycles. The standard InChI is InChI=1S/C21H26N2O3S2/c1-16-12-14-23(15-13-16)28(25,26)20-10-8-18(9-11-20)22-21(24)17(2)27-19-6-4-3-5-7-19/h3-11,16-17H,12-15H2,1-2H3,(H,22,24)/t17-/m1/s1. The number of hydrogen-bond acceptors (Lipinski definition) is 4. The van der Waals surface area contributed by atoms with Crippen LogP contribution in [-0.4, -0.2) is 37.0 Å². The molecular weight excluding hydrogens is 392 g/mol. The van der Waals surface area contributed by atoms with Gasteiger partial charge in [-0.25, -0.2) is 8.42 Å². The number of nitrogens with zero attached hydrogens (tertiary/aromatic N) is 1. The third-order valence-electron chi connectivity index (χ3n) is 4.93. The van der Waals surface area contributed by atoms with Crippen LogP contribution in [0.15, 0.2) is 64.4 Å². The van der Waals surface area contributed by atoms with Gasteiger partial charge in [0.15, 0.2) is 0 Å². The zero-order valence-corrected chi connectivity index (χ0v) is 17.8. The van der Waals surface area contributed by atoms with Crippen molar-refractivity contribution in [3.05, 3.63) is 54.6 Å². The van der Waals surface area contributed by atoms with Crippen molar-refractivity contribution in [2.75, 3.05) is 18.4 Å². The van der Waals surface area contributed by atoms with Gasteiger partial charge in [-0.2, -0.15) is 4.31 Å². The molecule has 2 aromatic rings. The maximum Gasteiger partial charge on any atom is 0.243 e. The zero-order valence-electron chi connectivity index (χ0n) is 16.2. The molecule has 1 aliphatic rings. The molecule has 3 rings (SSSR count). The molecule has 0 radical (unpaired) electrons. The Kier molecular flexibility index (Phi) is 6.80. The van der Waals surface area contributed by atoms with Gasteiger partial charge in [0.1, 0.15) is 0 Å². The number of benzene rings is 2. The summed E-state index contributed by atoms with van der Waals surface area (Å²) in [6.07, 6.45) is 1.79. The predicted octanol–water partition coefficient (Wildman–Crippen LogP) is 4.23. The number of thioether (sulfide) groups is 1. The topological polar surface area (TPSA) is 66.5 Å². The summed E-state index contributed by atoms with van der Waals surface area (Å²) in [5, 5.41) is 2.59. The molecule has 28 heavy (non-hydrogen) atoms. The summed E-state index contributed by atoms with van der Waals surface area (Å²) >= 11 is 1.48. The van der Waals surface area contributed by atoms with Crippen molar-refractivity contribution in [1.82, 2.24) is 4.31 Å². The lowest BCUT2D eigenvalue weighted by molar-refractivity contribution is -0.115. The number of anilines is 1. The van der Waals surface area contributed by atoms with Gasteiger partial charge in [-0.05, 0) is 62.1 Å². The summed E-state index contributed by atoms with van der Waals surface area (Å²) in [5.74, 6) is 0.453. The highest BCUT2D eigenvalue weighted by Gasteiger charge is 2.28. The van der Waals surface area contributed by atoms with Crippen LogP contribution >= 0.6 is 11.8 Å². The van der Waals surface area contributed by atoms with Gasteiger partial charge in [-0.15, -0.1) is 11.8 Å². The van der Waals surface area contributed by atoms with E-state index in [0.717, 1.165) is 17.7 Å². The molecule has 2 aromatic carbocycles. The molecule has 0 aromatic heterocycles. The van der Waals surface area contributed by atoms with Crippen molar-refractivity contribution < 1.29 is 13.2 Å². The number of rotatable bonds is 6. The molecule has 0 unspecified atom stereocenters. The van der Waals surface area contributed by atoms with Crippen molar-refractivity contribution in [1.29, 1.82) is 0 Å². The molecular formula is C21H26N2O3S2. The summed E-state index contributed by atoms with van der Waals surface area (Å²) in [6.45, 7) is 5.13. The van der Waals surface area contributed by atoms with E-state index in [-0.39, 0.29) is 16.1 Å². The van der Waals surface area contributed by atoms with E-state index in [1.54, 1.807) is 28.6 Å². The molecule has 1 amide bonds. The number of carbonyl (C=O) groups is 1. The fraction of sp³-hybridized carbons (Fsp3) is 0.381. The van der Waals surface area contributed by atoms with Crippen LogP contribution in [0.4, 0.5) is 5.69 Å². The fourth-order valence-electron chi connectivity index (χ4n) is 3.09. The first kappa shape index (κ1) is 20.9. The van der Waals surface area contributed by atoms with Crippen LogP contribution < -0.4 is 5.32 Å². The Labute approximate surface area is 171 Å². The number of sulfonamides is 1. The maximum absolute atomic E-state index is 12.8. The Bertz CT molecular complexity index is 891. The summed E-state index contributed by atoms with van der Waals surface area (Å²) in [6, 6.07) is 16.2. The van der Waals surface area contributed by atoms with Crippen LogP contribution in [0.1, 0.15) is 26.7 Å². The Balaban J connectivity index is 1.61. The second-order valence-electron chi connectivity index (χ2n) is 7.17. The average Bonchev–Trinajstić information content (AvgIpc) is 2.69. The third-order valence-corrected chi connectivity index (χ3v) is 7.95. The second-order valence-corrected chi connectivity index (χ2v) is 10.5. The number of amides is 1. The highest BCUT2D eigenvalue weighted by Crippen LogP contribution is 2.26. The first-order valence-electron chi connectivity index (χ1n) is 9.49. The van der Waals surface area contributed by atoms with Crippen LogP contribution in [0.2, 0.25) is 0 Å². The molecule has 1 aliphatic heterocycles. The lowest BCUT2D eigenvalue weighted by Crippen LogP contribution is -2.37. The Morgan fingerprint density at radius 1 is 1.07 bits per heavy atom. The van der Waals surface area contributed by atoms with E-state index in [1.807, 2.05) is 37.3 Å². The van der Waals surface area contributed by atoms with E-state index in [9.17, 15) is 13.2 Å². The lowest BCUT2D eigenvalue weighted by Gasteiger charge is -2.29. The minimum absolute atomic E-state index is 0.116. The van der Waals surface area contributed by atoms with Crippen molar-refractivity contribution in [2.24, 2.45) is 5.92 Å². The van der Waals surface area contributed by atoms with Crippen LogP contribution in [0, 0.1) is 5.92 Å². The van der Waals surface area contributed by atoms with Gasteiger partial charge in [0.05, 0.1) is 10.1 Å². The number of hydrogen-bond donors (Lipinski definition) is 1. The van der Waals surface area contributed by atoms with Gasteiger partial charge in [0.25, 0.3) is 0 Å². The SMILES string of the molecule is CC1CCN(S(=O)(=O)c2ccc(NC(=O)[C@@H](C)Sc3ccccc3)cc2)CC1.